The molecule has 0 spiro atoms. The van der Waals surface area contributed by atoms with Crippen LogP contribution in [-0.4, -0.2) is 26.0 Å². The molecule has 0 atom stereocenters. The second kappa shape index (κ2) is 8.09. The standard InChI is InChI=1S/C18H10ClF4N3O4S/c1-29-15-6-14-11(5-16(15)30-31(27,28)18(21,22)23)17(9(7-24)8-25-14)26-10-2-3-13(20)12(19)4-10/h2-6,8H,1H3,(H,25,26). The fraction of sp³-hybridized carbons (Fsp3) is 0.111. The van der Waals surface area contributed by atoms with Crippen molar-refractivity contribution in [1.29, 1.82) is 5.26 Å². The maximum absolute atomic E-state index is 13.4. The molecule has 7 nitrogen and oxygen atoms in total. The van der Waals surface area contributed by atoms with Crippen LogP contribution in [0.4, 0.5) is 28.9 Å². The first-order chi connectivity index (χ1) is 14.5. The van der Waals surface area contributed by atoms with E-state index in [4.69, 9.17) is 16.3 Å². The summed E-state index contributed by atoms with van der Waals surface area (Å²) in [6.45, 7) is 0. The Morgan fingerprint density at radius 3 is 2.48 bits per heavy atom. The zero-order valence-electron chi connectivity index (χ0n) is 15.3. The van der Waals surface area contributed by atoms with Gasteiger partial charge >= 0.3 is 15.6 Å². The molecule has 0 amide bonds. The van der Waals surface area contributed by atoms with Crippen LogP contribution in [0.25, 0.3) is 10.9 Å². The van der Waals surface area contributed by atoms with Crippen LogP contribution in [-0.2, 0) is 10.1 Å². The molecule has 1 heterocycles. The van der Waals surface area contributed by atoms with E-state index in [2.05, 4.69) is 14.5 Å². The van der Waals surface area contributed by atoms with E-state index >= 15 is 0 Å². The quantitative estimate of drug-likeness (QED) is 0.319. The van der Waals surface area contributed by atoms with Crippen LogP contribution in [0.5, 0.6) is 11.5 Å². The second-order valence-electron chi connectivity index (χ2n) is 5.92. The van der Waals surface area contributed by atoms with Crippen LogP contribution in [0.15, 0.2) is 36.5 Å². The van der Waals surface area contributed by atoms with Crippen molar-refractivity contribution in [3.63, 3.8) is 0 Å². The SMILES string of the molecule is COc1cc2ncc(C#N)c(Nc3ccc(F)c(Cl)c3)c2cc1OS(=O)(=O)C(F)(F)F. The number of methoxy groups -OCH3 is 1. The number of nitrogens with zero attached hydrogens (tertiary/aromatic N) is 2. The van der Waals surface area contributed by atoms with E-state index in [-0.39, 0.29) is 38.6 Å². The molecule has 1 N–H and O–H groups in total. The third-order valence-electron chi connectivity index (χ3n) is 3.95. The van der Waals surface area contributed by atoms with Gasteiger partial charge in [-0.05, 0) is 24.3 Å². The van der Waals surface area contributed by atoms with Crippen molar-refractivity contribution < 1.29 is 34.9 Å². The molecule has 0 aliphatic heterocycles. The summed E-state index contributed by atoms with van der Waals surface area (Å²) in [5.74, 6) is -1.80. The summed E-state index contributed by atoms with van der Waals surface area (Å²) in [5.41, 5.74) is -5.28. The Bertz CT molecular complexity index is 1320. The Hall–Kier alpha value is -3.30. The van der Waals surface area contributed by atoms with Gasteiger partial charge in [0.2, 0.25) is 0 Å². The monoisotopic (exact) mass is 475 g/mol. The van der Waals surface area contributed by atoms with Crippen LogP contribution in [0, 0.1) is 17.1 Å². The second-order valence-corrected chi connectivity index (χ2v) is 7.86. The normalized spacial score (nSPS) is 11.8. The summed E-state index contributed by atoms with van der Waals surface area (Å²) in [7, 11) is -4.90. The van der Waals surface area contributed by atoms with Crippen molar-refractivity contribution in [1.82, 2.24) is 4.98 Å². The predicted octanol–water partition coefficient (Wildman–Crippen LogP) is 4.88. The lowest BCUT2D eigenvalue weighted by Gasteiger charge is -2.16. The van der Waals surface area contributed by atoms with E-state index < -0.39 is 27.2 Å². The van der Waals surface area contributed by atoms with Gasteiger partial charge in [0.1, 0.15) is 11.9 Å². The molecule has 13 heteroatoms. The molecule has 2 aromatic carbocycles. The molecular formula is C18H10ClF4N3O4S. The van der Waals surface area contributed by atoms with Crippen molar-refractivity contribution in [3.05, 3.63) is 52.9 Å². The predicted molar refractivity (Wildman–Crippen MR) is 103 cm³/mol. The van der Waals surface area contributed by atoms with Crippen molar-refractivity contribution in [2.24, 2.45) is 0 Å². The lowest BCUT2D eigenvalue weighted by atomic mass is 10.1. The number of anilines is 2. The number of benzene rings is 2. The van der Waals surface area contributed by atoms with Crippen LogP contribution in [0.3, 0.4) is 0 Å². The minimum absolute atomic E-state index is 0.0349. The van der Waals surface area contributed by atoms with Crippen LogP contribution < -0.4 is 14.2 Å². The van der Waals surface area contributed by atoms with Gasteiger partial charge in [0.05, 0.1) is 28.9 Å². The van der Waals surface area contributed by atoms with Crippen LogP contribution in [0.1, 0.15) is 5.56 Å². The first-order valence-corrected chi connectivity index (χ1v) is 9.89. The summed E-state index contributed by atoms with van der Waals surface area (Å²) in [6.07, 6.45) is 1.18. The molecule has 3 rings (SSSR count). The number of nitriles is 1. The highest BCUT2D eigenvalue weighted by molar-refractivity contribution is 7.88. The number of hydrogen-bond donors (Lipinski definition) is 1. The van der Waals surface area contributed by atoms with Crippen LogP contribution in [0.2, 0.25) is 5.02 Å². The summed E-state index contributed by atoms with van der Waals surface area (Å²) in [6, 6.07) is 7.51. The highest BCUT2D eigenvalue weighted by atomic mass is 35.5. The van der Waals surface area contributed by atoms with Crippen molar-refractivity contribution in [2.75, 3.05) is 12.4 Å². The smallest absolute Gasteiger partial charge is 0.493 e. The third-order valence-corrected chi connectivity index (χ3v) is 5.20. The lowest BCUT2D eigenvalue weighted by Crippen LogP contribution is -2.28. The molecule has 0 unspecified atom stereocenters. The van der Waals surface area contributed by atoms with E-state index in [0.29, 0.717) is 0 Å². The minimum Gasteiger partial charge on any atom is -0.493 e. The molecule has 0 bridgehead atoms. The Kier molecular flexibility index (Phi) is 5.84. The van der Waals surface area contributed by atoms with E-state index in [1.54, 1.807) is 0 Å². The van der Waals surface area contributed by atoms with Crippen molar-refractivity contribution in [2.45, 2.75) is 5.51 Å². The molecule has 0 fully saturated rings. The number of ether oxygens (including phenoxy) is 1. The van der Waals surface area contributed by atoms with Crippen molar-refractivity contribution in [3.8, 4) is 17.6 Å². The summed E-state index contributed by atoms with van der Waals surface area (Å²) >= 11 is 5.75. The van der Waals surface area contributed by atoms with Gasteiger partial charge in [0.25, 0.3) is 0 Å². The average Bonchev–Trinajstić information content (AvgIpc) is 2.69. The molecule has 31 heavy (non-hydrogen) atoms. The number of aromatic nitrogens is 1. The number of halogens is 5. The molecular weight excluding hydrogens is 466 g/mol. The highest BCUT2D eigenvalue weighted by Crippen LogP contribution is 2.39. The Balaban J connectivity index is 2.21. The van der Waals surface area contributed by atoms with Gasteiger partial charge in [-0.1, -0.05) is 11.6 Å². The summed E-state index contributed by atoms with van der Waals surface area (Å²) in [4.78, 5) is 4.03. The molecule has 0 saturated carbocycles. The largest absolute Gasteiger partial charge is 0.534 e. The molecule has 0 aliphatic carbocycles. The number of hydrogen-bond acceptors (Lipinski definition) is 7. The summed E-state index contributed by atoms with van der Waals surface area (Å²) < 4.78 is 83.8. The summed E-state index contributed by atoms with van der Waals surface area (Å²) in [5, 5.41) is 12.0. The van der Waals surface area contributed by atoms with E-state index in [1.807, 2.05) is 6.07 Å². The minimum atomic E-state index is -5.99. The number of nitrogens with one attached hydrogen (secondary N) is 1. The van der Waals surface area contributed by atoms with E-state index in [0.717, 1.165) is 25.3 Å². The molecule has 0 saturated heterocycles. The van der Waals surface area contributed by atoms with Crippen molar-refractivity contribution >= 4 is 44.0 Å². The van der Waals surface area contributed by atoms with Crippen LogP contribution >= 0.6 is 11.6 Å². The number of rotatable bonds is 5. The van der Waals surface area contributed by atoms with E-state index in [9.17, 15) is 31.2 Å². The molecule has 3 aromatic rings. The zero-order valence-corrected chi connectivity index (χ0v) is 16.9. The molecule has 0 radical (unpaired) electrons. The van der Waals surface area contributed by atoms with E-state index in [1.165, 1.54) is 18.3 Å². The van der Waals surface area contributed by atoms with Gasteiger partial charge in [-0.25, -0.2) is 4.39 Å². The average molecular weight is 476 g/mol. The number of fused-ring (bicyclic) bond motifs is 1. The zero-order chi connectivity index (χ0) is 23.0. The van der Waals surface area contributed by atoms with Gasteiger partial charge in [0, 0.05) is 23.3 Å². The first kappa shape index (κ1) is 22.4. The number of alkyl halides is 3. The fourth-order valence-electron chi connectivity index (χ4n) is 2.53. The maximum atomic E-state index is 13.4. The van der Waals surface area contributed by atoms with Gasteiger partial charge in [-0.15, -0.1) is 0 Å². The first-order valence-electron chi connectivity index (χ1n) is 8.10. The Morgan fingerprint density at radius 1 is 1.19 bits per heavy atom. The topological polar surface area (TPSA) is 101 Å². The highest BCUT2D eigenvalue weighted by Gasteiger charge is 2.49. The Morgan fingerprint density at radius 2 is 1.90 bits per heavy atom. The van der Waals surface area contributed by atoms with Gasteiger partial charge in [-0.3, -0.25) is 4.98 Å². The Labute approximate surface area is 177 Å². The van der Waals surface area contributed by atoms with Gasteiger partial charge in [0.15, 0.2) is 11.5 Å². The molecule has 1 aromatic heterocycles. The van der Waals surface area contributed by atoms with Gasteiger partial charge < -0.3 is 14.2 Å². The maximum Gasteiger partial charge on any atom is 0.534 e. The lowest BCUT2D eigenvalue weighted by molar-refractivity contribution is -0.0500. The van der Waals surface area contributed by atoms with Gasteiger partial charge in [-0.2, -0.15) is 26.9 Å². The fourth-order valence-corrected chi connectivity index (χ4v) is 3.17. The third kappa shape index (κ3) is 4.42. The molecule has 0 aliphatic rings. The number of pyridine rings is 1. The molecule has 162 valence electrons.